The van der Waals surface area contributed by atoms with Gasteiger partial charge in [0, 0.05) is 39.2 Å². The number of fused-ring (bicyclic) bond motifs is 1. The van der Waals surface area contributed by atoms with Gasteiger partial charge in [0.1, 0.15) is 0 Å². The van der Waals surface area contributed by atoms with E-state index < -0.39 is 0 Å². The van der Waals surface area contributed by atoms with E-state index in [4.69, 9.17) is 11.2 Å². The Hall–Kier alpha value is -3.50. The van der Waals surface area contributed by atoms with Gasteiger partial charge in [0.25, 0.3) is 0 Å². The van der Waals surface area contributed by atoms with Crippen LogP contribution in [0.2, 0.25) is 0 Å². The minimum atomic E-state index is -0.331. The molecule has 5 rings (SSSR count). The number of carbonyl (C=O) groups is 1. The Balaban J connectivity index is 0.000000604. The second-order valence-corrected chi connectivity index (χ2v) is 11.1. The first-order chi connectivity index (χ1) is 18.1. The SMILES string of the molecule is C.C.C#CCOC(=O)N1CCC(C)(N2CCC(n3c(=O)[nH]c4ccc(C)cc43)CC2)C1.Cc1ccc(C)c(C)c1.[HH]. The molecular weight excluding hydrogens is 500 g/mol. The topological polar surface area (TPSA) is 70.6 Å². The maximum absolute atomic E-state index is 12.6. The molecule has 1 unspecified atom stereocenters. The summed E-state index contributed by atoms with van der Waals surface area (Å²) >= 11 is 0. The zero-order valence-corrected chi connectivity index (χ0v) is 23.3. The molecule has 1 N–H and O–H groups in total. The maximum atomic E-state index is 12.6. The lowest BCUT2D eigenvalue weighted by atomic mass is 9.93. The first-order valence-corrected chi connectivity index (χ1v) is 13.5. The third-order valence-electron chi connectivity index (χ3n) is 8.12. The summed E-state index contributed by atoms with van der Waals surface area (Å²) in [6.07, 6.45) is 7.58. The molecule has 2 aromatic carbocycles. The molecule has 3 aromatic rings. The highest BCUT2D eigenvalue weighted by Gasteiger charge is 2.42. The highest BCUT2D eigenvalue weighted by molar-refractivity contribution is 5.76. The average molecular weight is 551 g/mol. The number of nitrogens with one attached hydrogen (secondary N) is 1. The zero-order valence-electron chi connectivity index (χ0n) is 23.3. The number of aromatic amines is 1. The molecule has 1 atom stereocenters. The van der Waals surface area contributed by atoms with Crippen molar-refractivity contribution >= 4 is 17.1 Å². The first kappa shape index (κ1) is 32.7. The number of aryl methyl sites for hydroxylation is 4. The molecule has 0 bridgehead atoms. The van der Waals surface area contributed by atoms with Crippen molar-refractivity contribution < 1.29 is 11.0 Å². The number of imidazole rings is 1. The van der Waals surface area contributed by atoms with Crippen LogP contribution in [0.3, 0.4) is 0 Å². The molecule has 1 aromatic heterocycles. The highest BCUT2D eigenvalue weighted by Crippen LogP contribution is 2.34. The third-order valence-corrected chi connectivity index (χ3v) is 8.12. The maximum Gasteiger partial charge on any atom is 0.410 e. The van der Waals surface area contributed by atoms with Crippen LogP contribution >= 0.6 is 0 Å². The number of amides is 1. The Morgan fingerprint density at radius 3 is 2.33 bits per heavy atom. The molecule has 0 spiro atoms. The number of likely N-dealkylation sites (tertiary alicyclic amines) is 2. The van der Waals surface area contributed by atoms with Crippen molar-refractivity contribution in [3.63, 3.8) is 0 Å². The van der Waals surface area contributed by atoms with Crippen molar-refractivity contribution in [1.29, 1.82) is 0 Å². The van der Waals surface area contributed by atoms with E-state index in [1.807, 2.05) is 23.6 Å². The van der Waals surface area contributed by atoms with Crippen molar-refractivity contribution in [1.82, 2.24) is 19.4 Å². The fraction of sp³-hybridized carbons (Fsp3) is 0.515. The summed E-state index contributed by atoms with van der Waals surface area (Å²) in [5.74, 6) is 2.33. The molecular formula is C33H50N4O3. The Morgan fingerprint density at radius 2 is 1.70 bits per heavy atom. The first-order valence-electron chi connectivity index (χ1n) is 13.5. The second-order valence-electron chi connectivity index (χ2n) is 11.1. The van der Waals surface area contributed by atoms with Crippen LogP contribution in [-0.2, 0) is 4.74 Å². The number of H-pyrrole nitrogens is 1. The summed E-state index contributed by atoms with van der Waals surface area (Å²) < 4.78 is 7.01. The summed E-state index contributed by atoms with van der Waals surface area (Å²) in [5.41, 5.74) is 7.04. The summed E-state index contributed by atoms with van der Waals surface area (Å²) in [5, 5.41) is 0. The quantitative estimate of drug-likeness (QED) is 0.371. The lowest BCUT2D eigenvalue weighted by Gasteiger charge is -2.43. The van der Waals surface area contributed by atoms with Gasteiger partial charge < -0.3 is 14.6 Å². The van der Waals surface area contributed by atoms with E-state index in [2.05, 4.69) is 67.8 Å². The van der Waals surface area contributed by atoms with Crippen LogP contribution in [0, 0.1) is 40.0 Å². The minimum absolute atomic E-state index is 0. The molecule has 0 saturated carbocycles. The van der Waals surface area contributed by atoms with Crippen molar-refractivity contribution in [2.45, 2.75) is 80.3 Å². The van der Waals surface area contributed by atoms with Crippen LogP contribution in [0.25, 0.3) is 11.0 Å². The van der Waals surface area contributed by atoms with Gasteiger partial charge in [-0.15, -0.1) is 6.42 Å². The van der Waals surface area contributed by atoms with Crippen LogP contribution in [0.5, 0.6) is 0 Å². The summed E-state index contributed by atoms with van der Waals surface area (Å²) in [4.78, 5) is 31.9. The number of carbonyl (C=O) groups excluding carboxylic acids is 1. The normalized spacial score (nSPS) is 19.1. The molecule has 2 saturated heterocycles. The van der Waals surface area contributed by atoms with Crippen LogP contribution in [0.1, 0.15) is 70.8 Å². The molecule has 3 heterocycles. The summed E-state index contributed by atoms with van der Waals surface area (Å²) in [6, 6.07) is 12.8. The van der Waals surface area contributed by atoms with Gasteiger partial charge in [-0.3, -0.25) is 9.47 Å². The van der Waals surface area contributed by atoms with Gasteiger partial charge in [-0.2, -0.15) is 0 Å². The number of ether oxygens (including phenoxy) is 1. The Kier molecular flexibility index (Phi) is 11.2. The van der Waals surface area contributed by atoms with Gasteiger partial charge in [0.05, 0.1) is 11.0 Å². The molecule has 7 nitrogen and oxygen atoms in total. The van der Waals surface area contributed by atoms with Crippen LogP contribution in [0.15, 0.2) is 41.2 Å². The smallest absolute Gasteiger partial charge is 0.410 e. The fourth-order valence-electron chi connectivity index (χ4n) is 5.70. The van der Waals surface area contributed by atoms with E-state index in [9.17, 15) is 9.59 Å². The van der Waals surface area contributed by atoms with E-state index in [1.54, 1.807) is 4.90 Å². The Bertz CT molecular complexity index is 1400. The van der Waals surface area contributed by atoms with E-state index in [0.717, 1.165) is 48.9 Å². The van der Waals surface area contributed by atoms with Crippen molar-refractivity contribution in [3.05, 3.63) is 69.1 Å². The van der Waals surface area contributed by atoms with Crippen LogP contribution in [-0.4, -0.2) is 63.8 Å². The third kappa shape index (κ3) is 7.17. The largest absolute Gasteiger partial charge is 0.436 e. The Labute approximate surface area is 242 Å². The predicted molar refractivity (Wildman–Crippen MR) is 168 cm³/mol. The van der Waals surface area contributed by atoms with Crippen LogP contribution in [0.4, 0.5) is 4.79 Å². The Morgan fingerprint density at radius 1 is 1.05 bits per heavy atom. The van der Waals surface area contributed by atoms with Crippen molar-refractivity contribution in [3.8, 4) is 12.3 Å². The minimum Gasteiger partial charge on any atom is -0.436 e. The molecule has 0 radical (unpaired) electrons. The molecule has 2 aliphatic rings. The number of benzene rings is 2. The summed E-state index contributed by atoms with van der Waals surface area (Å²) in [7, 11) is 0. The van der Waals surface area contributed by atoms with Crippen LogP contribution < -0.4 is 5.69 Å². The van der Waals surface area contributed by atoms with Gasteiger partial charge in [-0.25, -0.2) is 9.59 Å². The standard InChI is InChI=1S/C22H28N4O3.C9H12.2CH4.H2/c1-4-13-29-21(28)24-12-9-22(3,15-24)25-10-7-17(8-11-25)26-19-14-16(2)5-6-18(19)23-20(26)27;1-7-4-5-8(2)9(3)6-7;;;/h1,5-6,14,17H,7-13,15H2,2-3H3,(H,23,27);4-6H,1-3H3;2*1H4;1H. The van der Waals surface area contributed by atoms with Gasteiger partial charge >= 0.3 is 11.8 Å². The molecule has 0 aliphatic carbocycles. The predicted octanol–water partition coefficient (Wildman–Crippen LogP) is 6.64. The van der Waals surface area contributed by atoms with Gasteiger partial charge in [-0.05, 0) is 82.7 Å². The number of hydrogen-bond donors (Lipinski definition) is 1. The molecule has 2 fully saturated rings. The van der Waals surface area contributed by atoms with Crippen molar-refractivity contribution in [2.24, 2.45) is 0 Å². The number of piperidine rings is 1. The number of nitrogens with zero attached hydrogens (tertiary/aromatic N) is 3. The van der Waals surface area contributed by atoms with E-state index in [1.165, 1.54) is 16.7 Å². The van der Waals surface area contributed by atoms with Crippen molar-refractivity contribution in [2.75, 3.05) is 32.8 Å². The number of aromatic nitrogens is 2. The zero-order chi connectivity index (χ0) is 27.4. The number of rotatable bonds is 3. The molecule has 40 heavy (non-hydrogen) atoms. The number of hydrogen-bond acceptors (Lipinski definition) is 4. The van der Waals surface area contributed by atoms with Gasteiger partial charge in [0.2, 0.25) is 0 Å². The highest BCUT2D eigenvalue weighted by atomic mass is 16.6. The molecule has 220 valence electrons. The molecule has 2 aliphatic heterocycles. The molecule has 7 heteroatoms. The van der Waals surface area contributed by atoms with Gasteiger partial charge in [0.15, 0.2) is 6.61 Å². The molecule has 1 amide bonds. The monoisotopic (exact) mass is 550 g/mol. The van der Waals surface area contributed by atoms with Gasteiger partial charge in [-0.1, -0.05) is 50.6 Å². The average Bonchev–Trinajstić information content (AvgIpc) is 3.45. The summed E-state index contributed by atoms with van der Waals surface area (Å²) in [6.45, 7) is 13.8. The fourth-order valence-corrected chi connectivity index (χ4v) is 5.70. The van der Waals surface area contributed by atoms with E-state index >= 15 is 0 Å². The van der Waals surface area contributed by atoms with E-state index in [-0.39, 0.29) is 46.3 Å². The second kappa shape index (κ2) is 13.7. The lowest BCUT2D eigenvalue weighted by Crippen LogP contribution is -2.52. The lowest BCUT2D eigenvalue weighted by molar-refractivity contribution is 0.0650. The number of terminal acetylenes is 1. The van der Waals surface area contributed by atoms with E-state index in [0.29, 0.717) is 13.1 Å².